The van der Waals surface area contributed by atoms with Crippen LogP contribution < -0.4 is 5.32 Å². The van der Waals surface area contributed by atoms with Gasteiger partial charge < -0.3 is 4.42 Å². The van der Waals surface area contributed by atoms with Crippen molar-refractivity contribution in [3.63, 3.8) is 0 Å². The zero-order chi connectivity index (χ0) is 21.0. The molecular weight excluding hydrogens is 417 g/mol. The van der Waals surface area contributed by atoms with E-state index >= 15 is 0 Å². The van der Waals surface area contributed by atoms with Gasteiger partial charge in [0.15, 0.2) is 9.84 Å². The number of carbonyl (C=O) groups is 1. The summed E-state index contributed by atoms with van der Waals surface area (Å²) in [5, 5.41) is 9.61. The number of rotatable bonds is 7. The number of benzene rings is 2. The Kier molecular flexibility index (Phi) is 6.33. The van der Waals surface area contributed by atoms with Gasteiger partial charge in [0, 0.05) is 10.5 Å². The van der Waals surface area contributed by atoms with Crippen LogP contribution in [-0.4, -0.2) is 35.5 Å². The number of thioether (sulfide) groups is 1. The Labute approximate surface area is 171 Å². The van der Waals surface area contributed by atoms with Crippen molar-refractivity contribution in [2.75, 3.05) is 11.1 Å². The Morgan fingerprint density at radius 1 is 1.10 bits per heavy atom. The summed E-state index contributed by atoms with van der Waals surface area (Å²) >= 11 is 1.24. The van der Waals surface area contributed by atoms with Crippen molar-refractivity contribution < 1.29 is 22.0 Å². The predicted octanol–water partition coefficient (Wildman–Crippen LogP) is 3.79. The number of nitrogens with one attached hydrogen (secondary N) is 1. The lowest BCUT2D eigenvalue weighted by Gasteiger charge is -2.07. The van der Waals surface area contributed by atoms with Crippen molar-refractivity contribution in [3.05, 3.63) is 54.3 Å². The third-order valence-electron chi connectivity index (χ3n) is 3.91. The van der Waals surface area contributed by atoms with Gasteiger partial charge in [-0.3, -0.25) is 10.1 Å². The minimum absolute atomic E-state index is 0.0661. The van der Waals surface area contributed by atoms with Gasteiger partial charge in [0.2, 0.25) is 11.8 Å². The number of amides is 1. The first kappa shape index (κ1) is 21.0. The first-order valence-corrected chi connectivity index (χ1v) is 11.1. The number of sulfone groups is 1. The van der Waals surface area contributed by atoms with E-state index in [4.69, 9.17) is 4.42 Å². The molecule has 10 heteroatoms. The molecule has 3 rings (SSSR count). The summed E-state index contributed by atoms with van der Waals surface area (Å²) in [7, 11) is -3.36. The molecule has 152 valence electrons. The van der Waals surface area contributed by atoms with Crippen molar-refractivity contribution in [2.45, 2.75) is 28.9 Å². The summed E-state index contributed by atoms with van der Waals surface area (Å²) in [6.45, 7) is 3.23. The average molecular weight is 436 g/mol. The second-order valence-corrected chi connectivity index (χ2v) is 9.87. The highest BCUT2D eigenvalue weighted by molar-refractivity contribution is 8.00. The zero-order valence-electron chi connectivity index (χ0n) is 15.6. The smallest absolute Gasteiger partial charge is 0.322 e. The Hall–Kier alpha value is -2.72. The fourth-order valence-electron chi connectivity index (χ4n) is 2.28. The molecule has 29 heavy (non-hydrogen) atoms. The minimum atomic E-state index is -3.36. The molecule has 2 aromatic carbocycles. The number of hydrogen-bond acceptors (Lipinski definition) is 7. The van der Waals surface area contributed by atoms with Crippen LogP contribution in [0.3, 0.4) is 0 Å². The minimum Gasteiger partial charge on any atom is -0.403 e. The van der Waals surface area contributed by atoms with Crippen LogP contribution in [0.25, 0.3) is 11.5 Å². The van der Waals surface area contributed by atoms with Crippen molar-refractivity contribution in [3.8, 4) is 11.5 Å². The summed E-state index contributed by atoms with van der Waals surface area (Å²) in [5.41, 5.74) is 0.529. The quantitative estimate of drug-likeness (QED) is 0.563. The fourth-order valence-corrected chi connectivity index (χ4v) is 4.04. The van der Waals surface area contributed by atoms with E-state index in [0.29, 0.717) is 5.56 Å². The van der Waals surface area contributed by atoms with Crippen molar-refractivity contribution in [2.24, 2.45) is 0 Å². The third kappa shape index (κ3) is 5.21. The molecule has 1 amide bonds. The van der Waals surface area contributed by atoms with E-state index in [1.54, 1.807) is 38.1 Å². The highest BCUT2D eigenvalue weighted by Crippen LogP contribution is 2.24. The van der Waals surface area contributed by atoms with Gasteiger partial charge in [-0.05, 0) is 62.4 Å². The first-order valence-electron chi connectivity index (χ1n) is 8.62. The molecule has 7 nitrogen and oxygen atoms in total. The monoisotopic (exact) mass is 435 g/mol. The number of halogens is 1. The standard InChI is InChI=1S/C19H18FN3O4S2/c1-12(2)29(25,26)16-9-3-13(4-10-16)18-22-23-19(27-18)21-17(24)11-28-15-7-5-14(20)6-8-15/h3-10,12H,11H2,1-2H3,(H,21,23,24). The molecule has 1 aromatic heterocycles. The molecule has 0 unspecified atom stereocenters. The SMILES string of the molecule is CC(C)S(=O)(=O)c1ccc(-c2nnc(NC(=O)CSc3ccc(F)cc3)o2)cc1. The Morgan fingerprint density at radius 3 is 2.38 bits per heavy atom. The van der Waals surface area contributed by atoms with Crippen LogP contribution in [0, 0.1) is 5.82 Å². The van der Waals surface area contributed by atoms with Crippen molar-refractivity contribution in [1.29, 1.82) is 0 Å². The molecule has 0 aliphatic heterocycles. The Balaban J connectivity index is 1.61. The second-order valence-electron chi connectivity index (χ2n) is 6.32. The molecule has 0 bridgehead atoms. The van der Waals surface area contributed by atoms with E-state index in [9.17, 15) is 17.6 Å². The van der Waals surface area contributed by atoms with Gasteiger partial charge in [-0.1, -0.05) is 5.10 Å². The first-order chi connectivity index (χ1) is 13.8. The van der Waals surface area contributed by atoms with E-state index in [1.807, 2.05) is 0 Å². The fraction of sp³-hybridized carbons (Fsp3) is 0.211. The molecule has 0 saturated heterocycles. The van der Waals surface area contributed by atoms with E-state index in [1.165, 1.54) is 36.0 Å². The molecule has 1 heterocycles. The predicted molar refractivity (Wildman–Crippen MR) is 108 cm³/mol. The second kappa shape index (κ2) is 8.75. The highest BCUT2D eigenvalue weighted by atomic mass is 32.2. The van der Waals surface area contributed by atoms with Crippen LogP contribution in [0.15, 0.2) is 62.7 Å². The summed E-state index contributed by atoms with van der Waals surface area (Å²) in [5.74, 6) is -0.453. The molecule has 0 atom stereocenters. The lowest BCUT2D eigenvalue weighted by atomic mass is 10.2. The van der Waals surface area contributed by atoms with E-state index in [-0.39, 0.29) is 34.3 Å². The molecule has 3 aromatic rings. The van der Waals surface area contributed by atoms with Gasteiger partial charge in [0.25, 0.3) is 0 Å². The Bertz CT molecular complexity index is 1100. The van der Waals surface area contributed by atoms with E-state index in [0.717, 1.165) is 4.90 Å². The lowest BCUT2D eigenvalue weighted by molar-refractivity contribution is -0.113. The van der Waals surface area contributed by atoms with Gasteiger partial charge >= 0.3 is 6.01 Å². The molecule has 0 aliphatic rings. The van der Waals surface area contributed by atoms with E-state index in [2.05, 4.69) is 15.5 Å². The lowest BCUT2D eigenvalue weighted by Crippen LogP contribution is -2.14. The topological polar surface area (TPSA) is 102 Å². The number of hydrogen-bond donors (Lipinski definition) is 1. The van der Waals surface area contributed by atoms with Gasteiger partial charge in [0.05, 0.1) is 15.9 Å². The van der Waals surface area contributed by atoms with Crippen LogP contribution in [-0.2, 0) is 14.6 Å². The van der Waals surface area contributed by atoms with Crippen LogP contribution in [0.2, 0.25) is 0 Å². The Morgan fingerprint density at radius 2 is 1.76 bits per heavy atom. The van der Waals surface area contributed by atoms with Gasteiger partial charge in [-0.25, -0.2) is 12.8 Å². The zero-order valence-corrected chi connectivity index (χ0v) is 17.3. The summed E-state index contributed by atoms with van der Waals surface area (Å²) in [6, 6.07) is 11.8. The number of carbonyl (C=O) groups excluding carboxylic acids is 1. The normalized spacial score (nSPS) is 11.6. The van der Waals surface area contributed by atoms with Gasteiger partial charge in [0.1, 0.15) is 5.82 Å². The third-order valence-corrected chi connectivity index (χ3v) is 7.09. The van der Waals surface area contributed by atoms with Crippen molar-refractivity contribution in [1.82, 2.24) is 10.2 Å². The molecule has 0 saturated carbocycles. The number of aromatic nitrogens is 2. The maximum Gasteiger partial charge on any atom is 0.322 e. The van der Waals surface area contributed by atoms with Gasteiger partial charge in [-0.15, -0.1) is 16.9 Å². The number of anilines is 1. The molecule has 0 aliphatic carbocycles. The summed E-state index contributed by atoms with van der Waals surface area (Å²) < 4.78 is 42.6. The maximum absolute atomic E-state index is 12.9. The average Bonchev–Trinajstić information content (AvgIpc) is 3.16. The maximum atomic E-state index is 12.9. The van der Waals surface area contributed by atoms with Crippen LogP contribution in [0.5, 0.6) is 0 Å². The molecule has 0 radical (unpaired) electrons. The summed E-state index contributed by atoms with van der Waals surface area (Å²) in [4.78, 5) is 13.0. The highest BCUT2D eigenvalue weighted by Gasteiger charge is 2.19. The molecule has 0 spiro atoms. The van der Waals surface area contributed by atoms with E-state index < -0.39 is 15.1 Å². The van der Waals surface area contributed by atoms with Gasteiger partial charge in [-0.2, -0.15) is 0 Å². The molecule has 0 fully saturated rings. The summed E-state index contributed by atoms with van der Waals surface area (Å²) in [6.07, 6.45) is 0. The van der Waals surface area contributed by atoms with Crippen LogP contribution in [0.1, 0.15) is 13.8 Å². The van der Waals surface area contributed by atoms with Crippen LogP contribution in [0.4, 0.5) is 10.4 Å². The van der Waals surface area contributed by atoms with Crippen LogP contribution >= 0.6 is 11.8 Å². The molecular formula is C19H18FN3O4S2. The van der Waals surface area contributed by atoms with Crippen molar-refractivity contribution >= 4 is 33.5 Å². The molecule has 1 N–H and O–H groups in total. The largest absolute Gasteiger partial charge is 0.403 e. The number of nitrogens with zero attached hydrogens (tertiary/aromatic N) is 2.